The van der Waals surface area contributed by atoms with Gasteiger partial charge in [0.1, 0.15) is 27.3 Å². The van der Waals surface area contributed by atoms with Crippen LogP contribution in [0.4, 0.5) is 0 Å². The van der Waals surface area contributed by atoms with Crippen molar-refractivity contribution in [3.8, 4) is 32.8 Å². The van der Waals surface area contributed by atoms with Crippen molar-refractivity contribution in [2.24, 2.45) is 0 Å². The van der Waals surface area contributed by atoms with Crippen molar-refractivity contribution < 1.29 is 8.83 Å². The van der Waals surface area contributed by atoms with Gasteiger partial charge in [-0.15, -0.1) is 11.3 Å². The van der Waals surface area contributed by atoms with Crippen LogP contribution >= 0.6 is 11.3 Å². The highest BCUT2D eigenvalue weighted by atomic mass is 32.1. The SMILES string of the molecule is c1ccc(-c2nc3c(ccc4oc5ccc(C(c6ccc(-c7ccccc7-c7ccccc7)cc6)c6ccc7oc8ccccc8c7c6)cc5c43)s2)cc1. The molecule has 0 amide bonds. The van der Waals surface area contributed by atoms with Crippen molar-refractivity contribution in [1.82, 2.24) is 4.98 Å². The topological polar surface area (TPSA) is 39.2 Å². The molecule has 254 valence electrons. The van der Waals surface area contributed by atoms with E-state index in [-0.39, 0.29) is 5.92 Å². The van der Waals surface area contributed by atoms with E-state index < -0.39 is 0 Å². The summed E-state index contributed by atoms with van der Waals surface area (Å²) in [5.41, 5.74) is 14.0. The highest BCUT2D eigenvalue weighted by molar-refractivity contribution is 7.21. The van der Waals surface area contributed by atoms with E-state index in [1.807, 2.05) is 18.2 Å². The van der Waals surface area contributed by atoms with E-state index in [1.54, 1.807) is 11.3 Å². The number of nitrogens with zero attached hydrogens (tertiary/aromatic N) is 1. The van der Waals surface area contributed by atoms with Gasteiger partial charge in [-0.2, -0.15) is 0 Å². The highest BCUT2D eigenvalue weighted by Gasteiger charge is 2.22. The molecule has 1 unspecified atom stereocenters. The Labute approximate surface area is 315 Å². The molecule has 0 bridgehead atoms. The molecule has 4 heteroatoms. The van der Waals surface area contributed by atoms with Crippen LogP contribution in [0.1, 0.15) is 22.6 Å². The maximum absolute atomic E-state index is 6.48. The molecule has 11 aromatic rings. The van der Waals surface area contributed by atoms with Crippen molar-refractivity contribution in [3.63, 3.8) is 0 Å². The summed E-state index contributed by atoms with van der Waals surface area (Å²) >= 11 is 1.72. The second-order valence-electron chi connectivity index (χ2n) is 13.8. The largest absolute Gasteiger partial charge is 0.456 e. The van der Waals surface area contributed by atoms with Crippen LogP contribution in [-0.4, -0.2) is 4.98 Å². The quantitative estimate of drug-likeness (QED) is 0.161. The Morgan fingerprint density at radius 2 is 0.944 bits per heavy atom. The summed E-state index contributed by atoms with van der Waals surface area (Å²) in [5.74, 6) is -0.0506. The molecule has 3 nitrogen and oxygen atoms in total. The number of thiazole rings is 1. The third-order valence-electron chi connectivity index (χ3n) is 10.7. The fourth-order valence-electron chi connectivity index (χ4n) is 8.11. The molecular formula is C50H31NO2S. The Morgan fingerprint density at radius 1 is 0.407 bits per heavy atom. The predicted molar refractivity (Wildman–Crippen MR) is 224 cm³/mol. The smallest absolute Gasteiger partial charge is 0.137 e. The van der Waals surface area contributed by atoms with Gasteiger partial charge in [0.05, 0.1) is 15.6 Å². The van der Waals surface area contributed by atoms with E-state index in [0.29, 0.717) is 0 Å². The van der Waals surface area contributed by atoms with E-state index in [9.17, 15) is 0 Å². The number of rotatable bonds is 6. The fourth-order valence-corrected chi connectivity index (χ4v) is 9.09. The Bertz CT molecular complexity index is 3150. The molecule has 0 fully saturated rings. The van der Waals surface area contributed by atoms with Crippen LogP contribution in [0, 0.1) is 0 Å². The summed E-state index contributed by atoms with van der Waals surface area (Å²) in [6.45, 7) is 0. The molecule has 8 aromatic carbocycles. The zero-order valence-corrected chi connectivity index (χ0v) is 29.9. The molecule has 0 saturated heterocycles. The number of furan rings is 2. The minimum Gasteiger partial charge on any atom is -0.456 e. The first kappa shape index (κ1) is 30.8. The first-order valence-electron chi connectivity index (χ1n) is 18.2. The number of fused-ring (bicyclic) bond motifs is 8. The number of aromatic nitrogens is 1. The van der Waals surface area contributed by atoms with Gasteiger partial charge in [0, 0.05) is 27.6 Å². The molecule has 0 aliphatic carbocycles. The molecule has 0 N–H and O–H groups in total. The van der Waals surface area contributed by atoms with Gasteiger partial charge in [-0.3, -0.25) is 0 Å². The molecule has 54 heavy (non-hydrogen) atoms. The number of benzene rings is 8. The summed E-state index contributed by atoms with van der Waals surface area (Å²) in [7, 11) is 0. The first-order chi connectivity index (χ1) is 26.7. The normalized spacial score (nSPS) is 12.4. The maximum Gasteiger partial charge on any atom is 0.137 e. The number of hydrogen-bond donors (Lipinski definition) is 0. The van der Waals surface area contributed by atoms with Crippen molar-refractivity contribution in [1.29, 1.82) is 0 Å². The van der Waals surface area contributed by atoms with Gasteiger partial charge in [-0.25, -0.2) is 4.98 Å². The summed E-state index contributed by atoms with van der Waals surface area (Å²) in [5, 5.41) is 5.39. The van der Waals surface area contributed by atoms with E-state index in [1.165, 1.54) is 38.9 Å². The summed E-state index contributed by atoms with van der Waals surface area (Å²) in [4.78, 5) is 5.20. The van der Waals surface area contributed by atoms with Crippen molar-refractivity contribution in [2.45, 2.75) is 5.92 Å². The van der Waals surface area contributed by atoms with Gasteiger partial charge in [0.15, 0.2) is 0 Å². The lowest BCUT2D eigenvalue weighted by Crippen LogP contribution is -2.03. The van der Waals surface area contributed by atoms with Gasteiger partial charge in [-0.1, -0.05) is 140 Å². The lowest BCUT2D eigenvalue weighted by molar-refractivity contribution is 0.668. The molecule has 0 aliphatic heterocycles. The molecular weight excluding hydrogens is 679 g/mol. The standard InChI is InChI=1S/C50H31NO2S/c1-3-11-31(12-4-1)37-15-7-8-16-38(37)32-19-21-33(22-20-32)47(35-23-25-43-40(29-35)39-17-9-10-18-42(39)52-43)36-24-26-44-41(30-36)48-45(53-44)27-28-46-49(48)51-50(54-46)34-13-5-2-6-14-34/h1-30,47H. The van der Waals surface area contributed by atoms with Crippen LogP contribution in [0.2, 0.25) is 0 Å². The Hall–Kier alpha value is -6.75. The maximum atomic E-state index is 6.48. The summed E-state index contributed by atoms with van der Waals surface area (Å²) < 4.78 is 13.9. The minimum atomic E-state index is -0.0506. The fraction of sp³-hybridized carbons (Fsp3) is 0.0200. The molecule has 1 atom stereocenters. The summed E-state index contributed by atoms with van der Waals surface area (Å²) in [6.07, 6.45) is 0. The number of hydrogen-bond acceptors (Lipinski definition) is 4. The molecule has 0 radical (unpaired) electrons. The van der Waals surface area contributed by atoms with Crippen LogP contribution in [0.15, 0.2) is 191 Å². The van der Waals surface area contributed by atoms with Gasteiger partial charge >= 0.3 is 0 Å². The minimum absolute atomic E-state index is 0.0506. The van der Waals surface area contributed by atoms with Crippen LogP contribution in [0.25, 0.3) is 86.9 Å². The van der Waals surface area contributed by atoms with E-state index in [4.69, 9.17) is 13.8 Å². The van der Waals surface area contributed by atoms with E-state index >= 15 is 0 Å². The average molecular weight is 710 g/mol. The van der Waals surface area contributed by atoms with Crippen LogP contribution in [-0.2, 0) is 0 Å². The third kappa shape index (κ3) is 5.07. The molecule has 0 saturated carbocycles. The van der Waals surface area contributed by atoms with E-state index in [0.717, 1.165) is 64.7 Å². The first-order valence-corrected chi connectivity index (χ1v) is 19.0. The van der Waals surface area contributed by atoms with Crippen LogP contribution in [0.3, 0.4) is 0 Å². The van der Waals surface area contributed by atoms with E-state index in [2.05, 4.69) is 164 Å². The zero-order valence-electron chi connectivity index (χ0n) is 29.1. The van der Waals surface area contributed by atoms with Gasteiger partial charge in [0.25, 0.3) is 0 Å². The van der Waals surface area contributed by atoms with Gasteiger partial charge in [0.2, 0.25) is 0 Å². The van der Waals surface area contributed by atoms with Crippen LogP contribution < -0.4 is 0 Å². The van der Waals surface area contributed by atoms with Gasteiger partial charge < -0.3 is 8.83 Å². The number of para-hydroxylation sites is 1. The van der Waals surface area contributed by atoms with Crippen molar-refractivity contribution in [2.75, 3.05) is 0 Å². The lowest BCUT2D eigenvalue weighted by atomic mass is 9.83. The molecule has 0 aliphatic rings. The van der Waals surface area contributed by atoms with Crippen LogP contribution in [0.5, 0.6) is 0 Å². The Morgan fingerprint density at radius 3 is 1.69 bits per heavy atom. The summed E-state index contributed by atoms with van der Waals surface area (Å²) in [6, 6.07) is 64.7. The van der Waals surface area contributed by atoms with Crippen molar-refractivity contribution in [3.05, 3.63) is 199 Å². The molecule has 11 rings (SSSR count). The second-order valence-corrected chi connectivity index (χ2v) is 14.9. The lowest BCUT2D eigenvalue weighted by Gasteiger charge is -2.20. The monoisotopic (exact) mass is 709 g/mol. The van der Waals surface area contributed by atoms with Crippen molar-refractivity contribution >= 4 is 65.4 Å². The highest BCUT2D eigenvalue weighted by Crippen LogP contribution is 2.43. The second kappa shape index (κ2) is 12.4. The Kier molecular flexibility index (Phi) is 7.10. The molecule has 0 spiro atoms. The molecule has 3 aromatic heterocycles. The zero-order chi connectivity index (χ0) is 35.6. The Balaban J connectivity index is 1.09. The molecule has 3 heterocycles. The third-order valence-corrected chi connectivity index (χ3v) is 11.7. The predicted octanol–water partition coefficient (Wildman–Crippen LogP) is 14.3. The average Bonchev–Trinajstić information content (AvgIpc) is 3.95. The van der Waals surface area contributed by atoms with Gasteiger partial charge in [-0.05, 0) is 81.4 Å².